The third kappa shape index (κ3) is 7.19. The average Bonchev–Trinajstić information content (AvgIpc) is 2.56. The molecule has 1 aromatic rings. The fourth-order valence-electron chi connectivity index (χ4n) is 2.96. The molecular weight excluding hydrogens is 326 g/mol. The SMILES string of the molecule is CCCOC(=O)CN(C(=O)c1cc(CCC)cc(CC(C)C)c1)C(C)C. The number of ether oxygens (including phenoxy) is 1. The molecule has 4 nitrogen and oxygen atoms in total. The molecule has 0 N–H and O–H groups in total. The Morgan fingerprint density at radius 3 is 2.19 bits per heavy atom. The normalized spacial score (nSPS) is 11.1. The maximum atomic E-state index is 13.1. The summed E-state index contributed by atoms with van der Waals surface area (Å²) in [7, 11) is 0. The number of benzene rings is 1. The lowest BCUT2D eigenvalue weighted by Gasteiger charge is -2.26. The van der Waals surface area contributed by atoms with Crippen LogP contribution in [0.5, 0.6) is 0 Å². The second-order valence-corrected chi connectivity index (χ2v) is 7.63. The van der Waals surface area contributed by atoms with Crippen molar-refractivity contribution in [3.63, 3.8) is 0 Å². The van der Waals surface area contributed by atoms with Crippen molar-refractivity contribution >= 4 is 11.9 Å². The van der Waals surface area contributed by atoms with Crippen molar-refractivity contribution in [1.29, 1.82) is 0 Å². The zero-order valence-electron chi connectivity index (χ0n) is 17.3. The molecule has 26 heavy (non-hydrogen) atoms. The fourth-order valence-corrected chi connectivity index (χ4v) is 2.96. The Balaban J connectivity index is 3.08. The average molecular weight is 362 g/mol. The number of hydrogen-bond acceptors (Lipinski definition) is 3. The second-order valence-electron chi connectivity index (χ2n) is 7.63. The van der Waals surface area contributed by atoms with Crippen molar-refractivity contribution in [3.8, 4) is 0 Å². The van der Waals surface area contributed by atoms with Crippen LogP contribution >= 0.6 is 0 Å². The van der Waals surface area contributed by atoms with Crippen LogP contribution < -0.4 is 0 Å². The zero-order valence-corrected chi connectivity index (χ0v) is 17.3. The van der Waals surface area contributed by atoms with Gasteiger partial charge in [-0.1, -0.05) is 40.2 Å². The van der Waals surface area contributed by atoms with E-state index in [4.69, 9.17) is 4.74 Å². The molecule has 0 unspecified atom stereocenters. The molecule has 0 radical (unpaired) electrons. The Morgan fingerprint density at radius 1 is 1.00 bits per heavy atom. The fraction of sp³-hybridized carbons (Fsp3) is 0.636. The molecule has 0 spiro atoms. The quantitative estimate of drug-likeness (QED) is 0.570. The number of carbonyl (C=O) groups excluding carboxylic acids is 2. The molecule has 1 aromatic carbocycles. The lowest BCUT2D eigenvalue weighted by atomic mass is 9.96. The number of hydrogen-bond donors (Lipinski definition) is 0. The Hall–Kier alpha value is -1.84. The molecule has 0 heterocycles. The van der Waals surface area contributed by atoms with Gasteiger partial charge < -0.3 is 9.64 Å². The molecule has 0 saturated heterocycles. The van der Waals surface area contributed by atoms with Crippen LogP contribution in [0.2, 0.25) is 0 Å². The topological polar surface area (TPSA) is 46.6 Å². The smallest absolute Gasteiger partial charge is 0.325 e. The molecule has 4 heteroatoms. The van der Waals surface area contributed by atoms with Crippen molar-refractivity contribution in [2.75, 3.05) is 13.2 Å². The van der Waals surface area contributed by atoms with Crippen LogP contribution in [0, 0.1) is 5.92 Å². The van der Waals surface area contributed by atoms with Gasteiger partial charge in [-0.3, -0.25) is 9.59 Å². The van der Waals surface area contributed by atoms with Gasteiger partial charge in [-0.2, -0.15) is 0 Å². The summed E-state index contributed by atoms with van der Waals surface area (Å²) in [5.74, 6) is 0.0810. The maximum absolute atomic E-state index is 13.1. The summed E-state index contributed by atoms with van der Waals surface area (Å²) in [5, 5.41) is 0. The summed E-state index contributed by atoms with van der Waals surface area (Å²) in [4.78, 5) is 26.7. The van der Waals surface area contributed by atoms with Crippen LogP contribution in [0.15, 0.2) is 18.2 Å². The number of amides is 1. The Morgan fingerprint density at radius 2 is 1.65 bits per heavy atom. The summed E-state index contributed by atoms with van der Waals surface area (Å²) >= 11 is 0. The first-order chi connectivity index (χ1) is 12.3. The third-order valence-electron chi connectivity index (χ3n) is 4.13. The number of carbonyl (C=O) groups is 2. The summed E-state index contributed by atoms with van der Waals surface area (Å²) in [5.41, 5.74) is 3.04. The van der Waals surface area contributed by atoms with E-state index in [-0.39, 0.29) is 24.5 Å². The van der Waals surface area contributed by atoms with E-state index in [1.54, 1.807) is 4.90 Å². The van der Waals surface area contributed by atoms with E-state index in [0.29, 0.717) is 18.1 Å². The first-order valence-corrected chi connectivity index (χ1v) is 9.87. The van der Waals surface area contributed by atoms with Gasteiger partial charge in [0.05, 0.1) is 6.61 Å². The van der Waals surface area contributed by atoms with Crippen LogP contribution in [0.1, 0.15) is 75.9 Å². The number of rotatable bonds is 10. The molecule has 0 aromatic heterocycles. The van der Waals surface area contributed by atoms with E-state index in [0.717, 1.165) is 25.7 Å². The van der Waals surface area contributed by atoms with E-state index in [2.05, 4.69) is 26.8 Å². The van der Waals surface area contributed by atoms with E-state index in [1.807, 2.05) is 32.9 Å². The highest BCUT2D eigenvalue weighted by Gasteiger charge is 2.23. The van der Waals surface area contributed by atoms with Crippen molar-refractivity contribution in [1.82, 2.24) is 4.90 Å². The van der Waals surface area contributed by atoms with E-state index in [9.17, 15) is 9.59 Å². The van der Waals surface area contributed by atoms with Gasteiger partial charge in [0.15, 0.2) is 0 Å². The highest BCUT2D eigenvalue weighted by Crippen LogP contribution is 2.18. The standard InChI is InChI=1S/C22H35NO3/c1-7-9-18-12-19(11-16(3)4)14-20(13-18)22(25)23(17(5)6)15-21(24)26-10-8-2/h12-14,16-17H,7-11,15H2,1-6H3. The first-order valence-electron chi connectivity index (χ1n) is 9.87. The molecule has 146 valence electrons. The van der Waals surface area contributed by atoms with Gasteiger partial charge in [0.2, 0.25) is 0 Å². The minimum Gasteiger partial charge on any atom is -0.464 e. The van der Waals surface area contributed by atoms with Crippen LogP contribution in [-0.4, -0.2) is 36.0 Å². The molecule has 0 aliphatic rings. The van der Waals surface area contributed by atoms with Crippen molar-refractivity contribution in [3.05, 3.63) is 34.9 Å². The highest BCUT2D eigenvalue weighted by molar-refractivity contribution is 5.96. The molecule has 0 atom stereocenters. The predicted molar refractivity (Wildman–Crippen MR) is 106 cm³/mol. The lowest BCUT2D eigenvalue weighted by molar-refractivity contribution is -0.144. The van der Waals surface area contributed by atoms with Gasteiger partial charge in [-0.15, -0.1) is 0 Å². The molecule has 0 bridgehead atoms. The zero-order chi connectivity index (χ0) is 19.7. The number of nitrogens with zero attached hydrogens (tertiary/aromatic N) is 1. The van der Waals surface area contributed by atoms with Gasteiger partial charge in [0, 0.05) is 11.6 Å². The van der Waals surface area contributed by atoms with Crippen LogP contribution in [-0.2, 0) is 22.4 Å². The highest BCUT2D eigenvalue weighted by atomic mass is 16.5. The summed E-state index contributed by atoms with van der Waals surface area (Å²) in [6.07, 6.45) is 3.71. The van der Waals surface area contributed by atoms with Gasteiger partial charge in [-0.25, -0.2) is 0 Å². The van der Waals surface area contributed by atoms with Crippen molar-refractivity contribution in [2.24, 2.45) is 5.92 Å². The Kier molecular flexibility index (Phi) is 9.39. The van der Waals surface area contributed by atoms with E-state index >= 15 is 0 Å². The van der Waals surface area contributed by atoms with Crippen LogP contribution in [0.3, 0.4) is 0 Å². The van der Waals surface area contributed by atoms with Gasteiger partial charge in [0.25, 0.3) is 5.91 Å². The summed E-state index contributed by atoms with van der Waals surface area (Å²) in [6.45, 7) is 12.7. The largest absolute Gasteiger partial charge is 0.464 e. The first kappa shape index (κ1) is 22.2. The number of aryl methyl sites for hydroxylation is 1. The second kappa shape index (κ2) is 11.0. The van der Waals surface area contributed by atoms with Crippen molar-refractivity contribution < 1.29 is 14.3 Å². The molecule has 1 amide bonds. The van der Waals surface area contributed by atoms with Gasteiger partial charge in [-0.05, 0) is 62.3 Å². The van der Waals surface area contributed by atoms with Gasteiger partial charge >= 0.3 is 5.97 Å². The maximum Gasteiger partial charge on any atom is 0.325 e. The van der Waals surface area contributed by atoms with Gasteiger partial charge in [0.1, 0.15) is 6.54 Å². The third-order valence-corrected chi connectivity index (χ3v) is 4.13. The van der Waals surface area contributed by atoms with E-state index < -0.39 is 0 Å². The molecule has 0 aliphatic heterocycles. The predicted octanol–water partition coefficient (Wildman–Crippen LogP) is 4.64. The minimum atomic E-state index is -0.346. The number of esters is 1. The van der Waals surface area contributed by atoms with Crippen LogP contribution in [0.4, 0.5) is 0 Å². The van der Waals surface area contributed by atoms with Crippen LogP contribution in [0.25, 0.3) is 0 Å². The molecular formula is C22H35NO3. The monoisotopic (exact) mass is 361 g/mol. The molecule has 0 aliphatic carbocycles. The summed E-state index contributed by atoms with van der Waals surface area (Å²) in [6, 6.07) is 6.09. The lowest BCUT2D eigenvalue weighted by Crippen LogP contribution is -2.41. The Labute approximate surface area is 158 Å². The molecule has 0 fully saturated rings. The summed E-state index contributed by atoms with van der Waals surface area (Å²) < 4.78 is 5.16. The molecule has 0 saturated carbocycles. The van der Waals surface area contributed by atoms with E-state index in [1.165, 1.54) is 11.1 Å². The van der Waals surface area contributed by atoms with Crippen molar-refractivity contribution in [2.45, 2.75) is 73.3 Å². The minimum absolute atomic E-state index is 0.00593. The Bertz CT molecular complexity index is 593. The molecule has 1 rings (SSSR count).